The molecule has 3 aromatic carbocycles. The van der Waals surface area contributed by atoms with Gasteiger partial charge in [0.25, 0.3) is 11.8 Å². The second kappa shape index (κ2) is 14.3. The van der Waals surface area contributed by atoms with Crippen LogP contribution in [0.3, 0.4) is 0 Å². The van der Waals surface area contributed by atoms with Crippen molar-refractivity contribution in [1.82, 2.24) is 10.7 Å². The second-order valence-electron chi connectivity index (χ2n) is 8.74. The Kier molecular flexibility index (Phi) is 10.3. The van der Waals surface area contributed by atoms with Gasteiger partial charge in [-0.15, -0.1) is 11.3 Å². The number of esters is 1. The molecule has 0 saturated carbocycles. The molecule has 9 nitrogen and oxygen atoms in total. The van der Waals surface area contributed by atoms with Crippen molar-refractivity contribution in [3.63, 3.8) is 0 Å². The van der Waals surface area contributed by atoms with Crippen molar-refractivity contribution in [3.05, 3.63) is 87.8 Å². The fourth-order valence-electron chi connectivity index (χ4n) is 3.66. The normalized spacial score (nSPS) is 10.9. The molecule has 2 N–H and O–H groups in total. The van der Waals surface area contributed by atoms with Crippen LogP contribution in [0.25, 0.3) is 10.1 Å². The highest BCUT2D eigenvalue weighted by Crippen LogP contribution is 2.37. The van der Waals surface area contributed by atoms with Crippen LogP contribution >= 0.6 is 22.9 Å². The number of hydrogen-bond acceptors (Lipinski definition) is 8. The number of hydrazone groups is 1. The van der Waals surface area contributed by atoms with E-state index in [-0.39, 0.29) is 12.3 Å². The minimum atomic E-state index is -0.596. The molecule has 0 fully saturated rings. The number of fused-ring (bicyclic) bond motifs is 1. The van der Waals surface area contributed by atoms with Gasteiger partial charge in [0.15, 0.2) is 11.5 Å². The SMILES string of the molecule is CCCCOc1ccc(C(=O)NCC(=O)N/N=C\c2ccc(OC(=O)c3sc4ccccc4c3Cl)c(OC)c2)cc1. The standard InChI is InChI=1S/C30H28ClN3O6S/c1-3-4-15-39-21-12-10-20(11-13-21)29(36)32-18-26(35)34-33-17-19-9-14-23(24(16-19)38-2)40-30(37)28-27(31)22-7-5-6-8-25(22)41-28/h5-14,16-17H,3-4,15,18H2,1-2H3,(H,32,36)(H,34,35)/b33-17-. The highest BCUT2D eigenvalue weighted by molar-refractivity contribution is 7.21. The lowest BCUT2D eigenvalue weighted by molar-refractivity contribution is -0.120. The summed E-state index contributed by atoms with van der Waals surface area (Å²) in [4.78, 5) is 37.6. The number of nitrogens with one attached hydrogen (secondary N) is 2. The summed E-state index contributed by atoms with van der Waals surface area (Å²) in [5.74, 6) is -0.315. The number of rotatable bonds is 12. The van der Waals surface area contributed by atoms with Crippen LogP contribution in [0.4, 0.5) is 0 Å². The van der Waals surface area contributed by atoms with Crippen LogP contribution in [-0.2, 0) is 4.79 Å². The Morgan fingerprint density at radius 3 is 2.54 bits per heavy atom. The van der Waals surface area contributed by atoms with E-state index in [0.29, 0.717) is 39.1 Å². The number of unbranched alkanes of at least 4 members (excludes halogenated alkanes) is 1. The minimum absolute atomic E-state index is 0.204. The van der Waals surface area contributed by atoms with Crippen molar-refractivity contribution in [2.45, 2.75) is 19.8 Å². The Labute approximate surface area is 246 Å². The molecule has 0 unspecified atom stereocenters. The van der Waals surface area contributed by atoms with Gasteiger partial charge in [-0.1, -0.05) is 43.1 Å². The zero-order valence-corrected chi connectivity index (χ0v) is 24.0. The van der Waals surface area contributed by atoms with E-state index in [4.69, 9.17) is 25.8 Å². The molecule has 1 heterocycles. The summed E-state index contributed by atoms with van der Waals surface area (Å²) in [6.45, 7) is 2.44. The number of carbonyl (C=O) groups excluding carboxylic acids is 3. The van der Waals surface area contributed by atoms with Gasteiger partial charge in [0, 0.05) is 15.6 Å². The molecular weight excluding hydrogens is 566 g/mol. The van der Waals surface area contributed by atoms with Gasteiger partial charge in [-0.05, 0) is 60.5 Å². The molecule has 0 radical (unpaired) electrons. The van der Waals surface area contributed by atoms with E-state index < -0.39 is 17.8 Å². The zero-order valence-electron chi connectivity index (χ0n) is 22.4. The number of amides is 2. The third-order valence-electron chi connectivity index (χ3n) is 5.81. The average Bonchev–Trinajstić information content (AvgIpc) is 3.33. The Hall–Kier alpha value is -4.41. The third kappa shape index (κ3) is 7.84. The van der Waals surface area contributed by atoms with Crippen molar-refractivity contribution < 1.29 is 28.6 Å². The van der Waals surface area contributed by atoms with Crippen molar-refractivity contribution in [2.75, 3.05) is 20.3 Å². The summed E-state index contributed by atoms with van der Waals surface area (Å²) in [7, 11) is 1.44. The Balaban J connectivity index is 1.28. The predicted molar refractivity (Wildman–Crippen MR) is 160 cm³/mol. The molecule has 0 aliphatic rings. The number of benzene rings is 3. The lowest BCUT2D eigenvalue weighted by Crippen LogP contribution is -2.34. The van der Waals surface area contributed by atoms with Gasteiger partial charge in [-0.3, -0.25) is 9.59 Å². The van der Waals surface area contributed by atoms with E-state index in [1.807, 2.05) is 24.3 Å². The molecule has 0 atom stereocenters. The van der Waals surface area contributed by atoms with Crippen molar-refractivity contribution >= 4 is 57.0 Å². The van der Waals surface area contributed by atoms with Gasteiger partial charge >= 0.3 is 5.97 Å². The third-order valence-corrected chi connectivity index (χ3v) is 7.46. The van der Waals surface area contributed by atoms with E-state index in [0.717, 1.165) is 22.9 Å². The maximum atomic E-state index is 12.8. The largest absolute Gasteiger partial charge is 0.494 e. The Bertz CT molecular complexity index is 1570. The van der Waals surface area contributed by atoms with E-state index in [1.165, 1.54) is 24.7 Å². The number of carbonyl (C=O) groups is 3. The lowest BCUT2D eigenvalue weighted by atomic mass is 10.2. The van der Waals surface area contributed by atoms with Gasteiger partial charge in [0.2, 0.25) is 0 Å². The number of methoxy groups -OCH3 is 1. The average molecular weight is 594 g/mol. The molecule has 0 spiro atoms. The molecule has 212 valence electrons. The van der Waals surface area contributed by atoms with Crippen molar-refractivity contribution in [1.29, 1.82) is 0 Å². The minimum Gasteiger partial charge on any atom is -0.494 e. The van der Waals surface area contributed by atoms with Crippen molar-refractivity contribution in [3.8, 4) is 17.2 Å². The van der Waals surface area contributed by atoms with Crippen LogP contribution in [0.15, 0.2) is 71.8 Å². The van der Waals surface area contributed by atoms with Crippen LogP contribution in [0.1, 0.15) is 45.4 Å². The summed E-state index contributed by atoms with van der Waals surface area (Å²) in [5, 5.41) is 7.59. The predicted octanol–water partition coefficient (Wildman–Crippen LogP) is 5.84. The number of ether oxygens (including phenoxy) is 3. The molecule has 0 bridgehead atoms. The first kappa shape index (κ1) is 29.6. The first-order chi connectivity index (χ1) is 19.9. The van der Waals surface area contributed by atoms with Crippen LogP contribution in [0.5, 0.6) is 17.2 Å². The number of halogens is 1. The number of nitrogens with zero attached hydrogens (tertiary/aromatic N) is 1. The fourth-order valence-corrected chi connectivity index (χ4v) is 5.04. The van der Waals surface area contributed by atoms with Gasteiger partial charge in [-0.2, -0.15) is 5.10 Å². The molecule has 41 heavy (non-hydrogen) atoms. The summed E-state index contributed by atoms with van der Waals surface area (Å²) < 4.78 is 17.4. The van der Waals surface area contributed by atoms with Gasteiger partial charge in [0.1, 0.15) is 10.6 Å². The molecule has 0 aliphatic carbocycles. The van der Waals surface area contributed by atoms with Gasteiger partial charge < -0.3 is 19.5 Å². The first-order valence-electron chi connectivity index (χ1n) is 12.8. The summed E-state index contributed by atoms with van der Waals surface area (Å²) in [6, 6.07) is 19.0. The van der Waals surface area contributed by atoms with Gasteiger partial charge in [-0.25, -0.2) is 10.2 Å². The number of hydrogen-bond donors (Lipinski definition) is 2. The highest BCUT2D eigenvalue weighted by Gasteiger charge is 2.20. The second-order valence-corrected chi connectivity index (χ2v) is 10.2. The summed E-state index contributed by atoms with van der Waals surface area (Å²) in [5.41, 5.74) is 3.34. The lowest BCUT2D eigenvalue weighted by Gasteiger charge is -2.09. The molecule has 0 aliphatic heterocycles. The monoisotopic (exact) mass is 593 g/mol. The quantitative estimate of drug-likeness (QED) is 0.0701. The molecule has 4 aromatic rings. The fraction of sp³-hybridized carbons (Fsp3) is 0.200. The Morgan fingerprint density at radius 1 is 1.02 bits per heavy atom. The van der Waals surface area contributed by atoms with E-state index in [9.17, 15) is 14.4 Å². The van der Waals surface area contributed by atoms with Gasteiger partial charge in [0.05, 0.1) is 31.5 Å². The zero-order chi connectivity index (χ0) is 29.2. The smallest absolute Gasteiger partial charge is 0.355 e. The molecule has 2 amide bonds. The molecule has 1 aromatic heterocycles. The molecule has 0 saturated heterocycles. The van der Waals surface area contributed by atoms with Crippen LogP contribution < -0.4 is 25.0 Å². The Morgan fingerprint density at radius 2 is 1.80 bits per heavy atom. The van der Waals surface area contributed by atoms with Crippen LogP contribution in [-0.4, -0.2) is 44.3 Å². The molecule has 4 rings (SSSR count). The first-order valence-corrected chi connectivity index (χ1v) is 14.0. The summed E-state index contributed by atoms with van der Waals surface area (Å²) in [6.07, 6.45) is 3.39. The van der Waals surface area contributed by atoms with E-state index in [2.05, 4.69) is 22.8 Å². The van der Waals surface area contributed by atoms with E-state index >= 15 is 0 Å². The topological polar surface area (TPSA) is 115 Å². The number of thiophene rings is 1. The summed E-state index contributed by atoms with van der Waals surface area (Å²) >= 11 is 7.64. The van der Waals surface area contributed by atoms with Crippen molar-refractivity contribution in [2.24, 2.45) is 5.10 Å². The maximum Gasteiger partial charge on any atom is 0.355 e. The molecular formula is C30H28ClN3O6S. The van der Waals surface area contributed by atoms with Crippen LogP contribution in [0, 0.1) is 0 Å². The molecule has 11 heteroatoms. The highest BCUT2D eigenvalue weighted by atomic mass is 35.5. The maximum absolute atomic E-state index is 12.8. The van der Waals surface area contributed by atoms with E-state index in [1.54, 1.807) is 42.5 Å². The van der Waals surface area contributed by atoms with Crippen LogP contribution in [0.2, 0.25) is 5.02 Å².